The number of carboxylic acids is 1. The fourth-order valence-electron chi connectivity index (χ4n) is 2.45. The molecule has 0 amide bonds. The van der Waals surface area contributed by atoms with Crippen molar-refractivity contribution in [1.29, 1.82) is 0 Å². The summed E-state index contributed by atoms with van der Waals surface area (Å²) in [6.45, 7) is 0. The summed E-state index contributed by atoms with van der Waals surface area (Å²) in [5, 5.41) is 10.2. The van der Waals surface area contributed by atoms with Crippen LogP contribution in [0.5, 0.6) is 0 Å². The zero-order valence-electron chi connectivity index (χ0n) is 8.81. The highest BCUT2D eigenvalue weighted by Crippen LogP contribution is 2.46. The summed E-state index contributed by atoms with van der Waals surface area (Å²) < 4.78 is 0. The van der Waals surface area contributed by atoms with Gasteiger partial charge in [-0.1, -0.05) is 11.6 Å². The number of aliphatic carboxylic acids is 1. The average Bonchev–Trinajstić information content (AvgIpc) is 2.78. The summed E-state index contributed by atoms with van der Waals surface area (Å²) in [4.78, 5) is 21.1. The molecular weight excluding hydrogens is 260 g/mol. The van der Waals surface area contributed by atoms with Crippen molar-refractivity contribution in [3.63, 3.8) is 0 Å². The van der Waals surface area contributed by atoms with Crippen LogP contribution in [0.3, 0.4) is 0 Å². The molecule has 2 aromatic rings. The highest BCUT2D eigenvalue weighted by molar-refractivity contribution is 7.19. The standard InChI is InChI=1S/C11H9ClN2O2S/c12-10-9-8-5(3-7(15)16)1-2-6(8)17-11(9)14-4-13-10/h4-5H,1-3H2,(H,15,16). The first-order valence-electron chi connectivity index (χ1n) is 5.30. The number of hydrogen-bond acceptors (Lipinski definition) is 4. The Balaban J connectivity index is 2.18. The van der Waals surface area contributed by atoms with Crippen molar-refractivity contribution in [1.82, 2.24) is 9.97 Å². The first-order chi connectivity index (χ1) is 8.16. The van der Waals surface area contributed by atoms with Crippen molar-refractivity contribution in [3.8, 4) is 0 Å². The molecule has 0 aliphatic heterocycles. The first kappa shape index (κ1) is 10.9. The largest absolute Gasteiger partial charge is 0.481 e. The van der Waals surface area contributed by atoms with Gasteiger partial charge in [0.25, 0.3) is 0 Å². The molecule has 0 bridgehead atoms. The molecule has 0 aromatic carbocycles. The Hall–Kier alpha value is -1.20. The van der Waals surface area contributed by atoms with Crippen LogP contribution in [-0.4, -0.2) is 21.0 Å². The van der Waals surface area contributed by atoms with E-state index >= 15 is 0 Å². The van der Waals surface area contributed by atoms with Crippen molar-refractivity contribution in [2.45, 2.75) is 25.2 Å². The normalized spacial score (nSPS) is 18.5. The summed E-state index contributed by atoms with van der Waals surface area (Å²) in [6.07, 6.45) is 3.41. The number of rotatable bonds is 2. The maximum absolute atomic E-state index is 10.8. The van der Waals surface area contributed by atoms with Gasteiger partial charge in [-0.05, 0) is 24.3 Å². The SMILES string of the molecule is O=C(O)CC1CCc2sc3ncnc(Cl)c3c21. The minimum Gasteiger partial charge on any atom is -0.481 e. The number of fused-ring (bicyclic) bond motifs is 3. The lowest BCUT2D eigenvalue weighted by Crippen LogP contribution is -2.03. The van der Waals surface area contributed by atoms with Crippen LogP contribution in [0.15, 0.2) is 6.33 Å². The van der Waals surface area contributed by atoms with Crippen molar-refractivity contribution in [3.05, 3.63) is 21.9 Å². The number of aryl methyl sites for hydroxylation is 1. The van der Waals surface area contributed by atoms with Crippen molar-refractivity contribution in [2.75, 3.05) is 0 Å². The molecule has 1 aliphatic carbocycles. The minimum absolute atomic E-state index is 0.0553. The molecule has 3 rings (SSSR count). The van der Waals surface area contributed by atoms with Gasteiger partial charge < -0.3 is 5.11 Å². The van der Waals surface area contributed by atoms with E-state index < -0.39 is 5.97 Å². The Morgan fingerprint density at radius 3 is 3.18 bits per heavy atom. The third-order valence-corrected chi connectivity index (χ3v) is 4.56. The van der Waals surface area contributed by atoms with Crippen molar-refractivity contribution < 1.29 is 9.90 Å². The van der Waals surface area contributed by atoms with Gasteiger partial charge in [0.2, 0.25) is 0 Å². The van der Waals surface area contributed by atoms with Gasteiger partial charge in [-0.2, -0.15) is 0 Å². The number of hydrogen-bond donors (Lipinski definition) is 1. The molecule has 0 saturated carbocycles. The van der Waals surface area contributed by atoms with Crippen LogP contribution < -0.4 is 0 Å². The molecule has 1 N–H and O–H groups in total. The Kier molecular flexibility index (Phi) is 2.52. The van der Waals surface area contributed by atoms with Gasteiger partial charge in [-0.15, -0.1) is 11.3 Å². The third kappa shape index (κ3) is 1.70. The molecule has 88 valence electrons. The van der Waals surface area contributed by atoms with E-state index in [1.807, 2.05) is 0 Å². The molecule has 0 fully saturated rings. The minimum atomic E-state index is -0.768. The smallest absolute Gasteiger partial charge is 0.303 e. The molecule has 17 heavy (non-hydrogen) atoms. The summed E-state index contributed by atoms with van der Waals surface area (Å²) >= 11 is 7.69. The molecule has 0 saturated heterocycles. The summed E-state index contributed by atoms with van der Waals surface area (Å²) in [5.41, 5.74) is 1.07. The van der Waals surface area contributed by atoms with Crippen LogP contribution >= 0.6 is 22.9 Å². The van der Waals surface area contributed by atoms with Crippen molar-refractivity contribution >= 4 is 39.1 Å². The van der Waals surface area contributed by atoms with E-state index in [1.54, 1.807) is 11.3 Å². The topological polar surface area (TPSA) is 63.1 Å². The van der Waals surface area contributed by atoms with Crippen LogP contribution in [0.2, 0.25) is 5.15 Å². The molecule has 1 unspecified atom stereocenters. The van der Waals surface area contributed by atoms with Gasteiger partial charge in [-0.3, -0.25) is 4.79 Å². The van der Waals surface area contributed by atoms with E-state index in [2.05, 4.69) is 9.97 Å². The molecule has 0 spiro atoms. The van der Waals surface area contributed by atoms with Crippen LogP contribution in [0.1, 0.15) is 29.2 Å². The van der Waals surface area contributed by atoms with E-state index in [9.17, 15) is 4.79 Å². The van der Waals surface area contributed by atoms with E-state index in [0.717, 1.165) is 28.6 Å². The summed E-state index contributed by atoms with van der Waals surface area (Å²) in [6, 6.07) is 0. The molecule has 0 radical (unpaired) electrons. The predicted octanol–water partition coefficient (Wildman–Crippen LogP) is 2.85. The van der Waals surface area contributed by atoms with Crippen LogP contribution in [-0.2, 0) is 11.2 Å². The maximum atomic E-state index is 10.8. The second-order valence-electron chi connectivity index (χ2n) is 4.12. The fourth-order valence-corrected chi connectivity index (χ4v) is 3.98. The number of carbonyl (C=O) groups is 1. The van der Waals surface area contributed by atoms with E-state index in [1.165, 1.54) is 11.2 Å². The van der Waals surface area contributed by atoms with E-state index in [-0.39, 0.29) is 12.3 Å². The molecule has 6 heteroatoms. The highest BCUT2D eigenvalue weighted by atomic mass is 35.5. The summed E-state index contributed by atoms with van der Waals surface area (Å²) in [5.74, 6) is -0.713. The Morgan fingerprint density at radius 2 is 2.41 bits per heavy atom. The molecule has 1 atom stereocenters. The zero-order valence-corrected chi connectivity index (χ0v) is 10.4. The van der Waals surface area contributed by atoms with Crippen LogP contribution in [0.25, 0.3) is 10.2 Å². The van der Waals surface area contributed by atoms with E-state index in [0.29, 0.717) is 5.15 Å². The van der Waals surface area contributed by atoms with Gasteiger partial charge in [-0.25, -0.2) is 9.97 Å². The van der Waals surface area contributed by atoms with E-state index in [4.69, 9.17) is 16.7 Å². The number of aromatic nitrogens is 2. The fraction of sp³-hybridized carbons (Fsp3) is 0.364. The Bertz CT molecular complexity index is 611. The quantitative estimate of drug-likeness (QED) is 0.851. The average molecular weight is 269 g/mol. The van der Waals surface area contributed by atoms with Crippen LogP contribution in [0, 0.1) is 0 Å². The summed E-state index contributed by atoms with van der Waals surface area (Å²) in [7, 11) is 0. The molecule has 4 nitrogen and oxygen atoms in total. The number of thiophene rings is 1. The van der Waals surface area contributed by atoms with Gasteiger partial charge in [0.05, 0.1) is 11.8 Å². The second kappa shape index (κ2) is 3.92. The number of nitrogens with zero attached hydrogens (tertiary/aromatic N) is 2. The Labute approximate surface area is 106 Å². The molecule has 1 aliphatic rings. The van der Waals surface area contributed by atoms with Gasteiger partial charge in [0, 0.05) is 4.88 Å². The zero-order chi connectivity index (χ0) is 12.0. The van der Waals surface area contributed by atoms with Gasteiger partial charge >= 0.3 is 5.97 Å². The van der Waals surface area contributed by atoms with Crippen LogP contribution in [0.4, 0.5) is 0 Å². The number of halogens is 1. The molecular formula is C11H9ClN2O2S. The second-order valence-corrected chi connectivity index (χ2v) is 5.56. The highest BCUT2D eigenvalue weighted by Gasteiger charge is 2.30. The lowest BCUT2D eigenvalue weighted by atomic mass is 9.98. The maximum Gasteiger partial charge on any atom is 0.303 e. The third-order valence-electron chi connectivity index (χ3n) is 3.10. The van der Waals surface area contributed by atoms with Gasteiger partial charge in [0.15, 0.2) is 0 Å². The lowest BCUT2D eigenvalue weighted by molar-refractivity contribution is -0.137. The van der Waals surface area contributed by atoms with Crippen molar-refractivity contribution in [2.24, 2.45) is 0 Å². The lowest BCUT2D eigenvalue weighted by Gasteiger charge is -2.07. The number of carboxylic acid groups (broad SMARTS) is 1. The molecule has 2 aromatic heterocycles. The predicted molar refractivity (Wildman–Crippen MR) is 65.7 cm³/mol. The monoisotopic (exact) mass is 268 g/mol. The first-order valence-corrected chi connectivity index (χ1v) is 6.50. The van der Waals surface area contributed by atoms with Gasteiger partial charge in [0.1, 0.15) is 16.3 Å². The molecule has 2 heterocycles. The Morgan fingerprint density at radius 1 is 1.59 bits per heavy atom.